The van der Waals surface area contributed by atoms with Crippen molar-refractivity contribution in [2.24, 2.45) is 5.73 Å². The Kier molecular flexibility index (Phi) is 4.71. The van der Waals surface area contributed by atoms with Crippen molar-refractivity contribution in [1.29, 1.82) is 0 Å². The van der Waals surface area contributed by atoms with Gasteiger partial charge in [0.1, 0.15) is 12.0 Å². The second-order valence-electron chi connectivity index (χ2n) is 3.29. The number of hydrogen-bond donors (Lipinski definition) is 2. The van der Waals surface area contributed by atoms with Gasteiger partial charge in [-0.05, 0) is 13.0 Å². The van der Waals surface area contributed by atoms with Crippen LogP contribution in [0.25, 0.3) is 0 Å². The van der Waals surface area contributed by atoms with Crippen molar-refractivity contribution in [2.75, 3.05) is 6.54 Å². The highest BCUT2D eigenvalue weighted by Gasteiger charge is 2.05. The summed E-state index contributed by atoms with van der Waals surface area (Å²) >= 11 is 1.67. The molecule has 1 rings (SSSR count). The molecule has 0 saturated heterocycles. The quantitative estimate of drug-likeness (QED) is 0.796. The molecule has 1 aromatic rings. The van der Waals surface area contributed by atoms with Crippen LogP contribution in [0.3, 0.4) is 0 Å². The Hall–Kier alpha value is -0.940. The lowest BCUT2D eigenvalue weighted by atomic mass is 10.3. The highest BCUT2D eigenvalue weighted by molar-refractivity contribution is 7.99. The van der Waals surface area contributed by atoms with Gasteiger partial charge in [0.25, 0.3) is 0 Å². The molecular formula is C10H15NO3S. The lowest BCUT2D eigenvalue weighted by molar-refractivity contribution is 0.419. The van der Waals surface area contributed by atoms with Gasteiger partial charge in [-0.25, -0.2) is 0 Å². The summed E-state index contributed by atoms with van der Waals surface area (Å²) in [5.74, 6) is 0.849. The van der Waals surface area contributed by atoms with Crippen molar-refractivity contribution in [3.8, 4) is 5.75 Å². The molecule has 0 radical (unpaired) electrons. The van der Waals surface area contributed by atoms with Crippen molar-refractivity contribution in [3.63, 3.8) is 0 Å². The predicted molar refractivity (Wildman–Crippen MR) is 61.1 cm³/mol. The third-order valence-electron chi connectivity index (χ3n) is 1.95. The first kappa shape index (κ1) is 12.1. The van der Waals surface area contributed by atoms with Gasteiger partial charge in [0, 0.05) is 11.3 Å². The van der Waals surface area contributed by atoms with Gasteiger partial charge in [0.2, 0.25) is 5.43 Å². The smallest absolute Gasteiger partial charge is 0.226 e. The van der Waals surface area contributed by atoms with Crippen LogP contribution in [0.2, 0.25) is 0 Å². The monoisotopic (exact) mass is 229 g/mol. The van der Waals surface area contributed by atoms with E-state index in [0.29, 0.717) is 23.3 Å². The molecule has 0 aliphatic heterocycles. The van der Waals surface area contributed by atoms with Gasteiger partial charge in [-0.15, -0.1) is 0 Å². The summed E-state index contributed by atoms with van der Waals surface area (Å²) in [5.41, 5.74) is 5.02. The molecule has 4 nitrogen and oxygen atoms in total. The molecule has 0 bridgehead atoms. The van der Waals surface area contributed by atoms with E-state index >= 15 is 0 Å². The van der Waals surface area contributed by atoms with Crippen LogP contribution >= 0.6 is 11.8 Å². The molecule has 0 aliphatic rings. The highest BCUT2D eigenvalue weighted by atomic mass is 32.2. The molecule has 0 amide bonds. The lowest BCUT2D eigenvalue weighted by Gasteiger charge is -2.08. The van der Waals surface area contributed by atoms with Crippen LogP contribution in [0.4, 0.5) is 0 Å². The van der Waals surface area contributed by atoms with Crippen LogP contribution in [-0.4, -0.2) is 16.9 Å². The summed E-state index contributed by atoms with van der Waals surface area (Å²) < 4.78 is 5.07. The molecule has 0 aliphatic carbocycles. The molecule has 1 atom stereocenters. The van der Waals surface area contributed by atoms with E-state index in [1.807, 2.05) is 0 Å². The first-order valence-corrected chi connectivity index (χ1v) is 5.80. The van der Waals surface area contributed by atoms with E-state index in [4.69, 9.17) is 15.3 Å². The Labute approximate surface area is 92.5 Å². The van der Waals surface area contributed by atoms with E-state index in [0.717, 1.165) is 12.7 Å². The van der Waals surface area contributed by atoms with Crippen LogP contribution in [0.5, 0.6) is 5.75 Å². The Morgan fingerprint density at radius 2 is 2.40 bits per heavy atom. The van der Waals surface area contributed by atoms with Crippen molar-refractivity contribution >= 4 is 11.8 Å². The summed E-state index contributed by atoms with van der Waals surface area (Å²) in [6.07, 6.45) is 2.01. The fraction of sp³-hybridized carbons (Fsp3) is 0.500. The van der Waals surface area contributed by atoms with Crippen molar-refractivity contribution in [3.05, 3.63) is 28.3 Å². The Morgan fingerprint density at radius 3 is 3.00 bits per heavy atom. The number of rotatable bonds is 5. The largest absolute Gasteiger partial charge is 0.502 e. The SMILES string of the molecule is CC(CCN)SCc1cc(=O)c(O)co1. The van der Waals surface area contributed by atoms with Gasteiger partial charge in [-0.3, -0.25) is 4.79 Å². The minimum absolute atomic E-state index is 0.348. The molecule has 15 heavy (non-hydrogen) atoms. The van der Waals surface area contributed by atoms with E-state index in [2.05, 4.69) is 6.92 Å². The fourth-order valence-electron chi connectivity index (χ4n) is 1.06. The molecule has 1 aromatic heterocycles. The molecule has 1 heterocycles. The Balaban J connectivity index is 2.51. The fourth-order valence-corrected chi connectivity index (χ4v) is 1.96. The van der Waals surface area contributed by atoms with E-state index in [1.54, 1.807) is 11.8 Å². The molecule has 3 N–H and O–H groups in total. The molecular weight excluding hydrogens is 214 g/mol. The summed E-state index contributed by atoms with van der Waals surface area (Å²) in [5, 5.41) is 9.41. The molecule has 0 fully saturated rings. The summed E-state index contributed by atoms with van der Waals surface area (Å²) in [7, 11) is 0. The standard InChI is InChI=1S/C10H15NO3S/c1-7(2-3-11)15-6-8-4-9(12)10(13)5-14-8/h4-5,7,13H,2-3,6,11H2,1H3. The summed E-state index contributed by atoms with van der Waals surface area (Å²) in [6.45, 7) is 2.74. The van der Waals surface area contributed by atoms with Gasteiger partial charge in [0.05, 0.1) is 5.75 Å². The number of hydrogen-bond acceptors (Lipinski definition) is 5. The first-order valence-electron chi connectivity index (χ1n) is 4.76. The van der Waals surface area contributed by atoms with E-state index in [9.17, 15) is 4.79 Å². The second-order valence-corrected chi connectivity index (χ2v) is 4.72. The third-order valence-corrected chi connectivity index (χ3v) is 3.21. The second kappa shape index (κ2) is 5.82. The van der Waals surface area contributed by atoms with Gasteiger partial charge in [-0.2, -0.15) is 11.8 Å². The molecule has 1 unspecified atom stereocenters. The minimum Gasteiger partial charge on any atom is -0.502 e. The lowest BCUT2D eigenvalue weighted by Crippen LogP contribution is -2.07. The van der Waals surface area contributed by atoms with E-state index in [1.165, 1.54) is 6.07 Å². The third kappa shape index (κ3) is 3.97. The minimum atomic E-state index is -0.400. The van der Waals surface area contributed by atoms with Crippen molar-refractivity contribution in [1.82, 2.24) is 0 Å². The molecule has 5 heteroatoms. The maximum absolute atomic E-state index is 11.1. The van der Waals surface area contributed by atoms with Crippen LogP contribution in [-0.2, 0) is 5.75 Å². The normalized spacial score (nSPS) is 12.7. The molecule has 0 saturated carbocycles. The van der Waals surface area contributed by atoms with Crippen LogP contribution in [0, 0.1) is 0 Å². The zero-order valence-electron chi connectivity index (χ0n) is 8.60. The Morgan fingerprint density at radius 1 is 1.67 bits per heavy atom. The van der Waals surface area contributed by atoms with Crippen LogP contribution in [0.1, 0.15) is 19.1 Å². The number of nitrogens with two attached hydrogens (primary N) is 1. The highest BCUT2D eigenvalue weighted by Crippen LogP contribution is 2.19. The maximum Gasteiger partial charge on any atom is 0.226 e. The van der Waals surface area contributed by atoms with Gasteiger partial charge < -0.3 is 15.3 Å². The Bertz CT molecular complexity index is 364. The topological polar surface area (TPSA) is 76.5 Å². The number of thioether (sulfide) groups is 1. The van der Waals surface area contributed by atoms with Gasteiger partial charge >= 0.3 is 0 Å². The van der Waals surface area contributed by atoms with Gasteiger partial charge in [-0.1, -0.05) is 6.92 Å². The predicted octanol–water partition coefficient (Wildman–Crippen LogP) is 1.32. The van der Waals surface area contributed by atoms with Crippen molar-refractivity contribution in [2.45, 2.75) is 24.3 Å². The van der Waals surface area contributed by atoms with E-state index in [-0.39, 0.29) is 5.75 Å². The zero-order chi connectivity index (χ0) is 11.3. The molecule has 84 valence electrons. The van der Waals surface area contributed by atoms with Crippen molar-refractivity contribution < 1.29 is 9.52 Å². The molecule has 0 spiro atoms. The average molecular weight is 229 g/mol. The average Bonchev–Trinajstić information content (AvgIpc) is 2.20. The van der Waals surface area contributed by atoms with Crippen LogP contribution < -0.4 is 11.2 Å². The molecule has 0 aromatic carbocycles. The number of aromatic hydroxyl groups is 1. The van der Waals surface area contributed by atoms with Gasteiger partial charge in [0.15, 0.2) is 5.75 Å². The van der Waals surface area contributed by atoms with Crippen LogP contribution in [0.15, 0.2) is 21.5 Å². The zero-order valence-corrected chi connectivity index (χ0v) is 9.42. The summed E-state index contributed by atoms with van der Waals surface area (Å²) in [6, 6.07) is 1.32. The first-order chi connectivity index (χ1) is 7.13. The maximum atomic E-state index is 11.1. The summed E-state index contributed by atoms with van der Waals surface area (Å²) in [4.78, 5) is 11.1. The van der Waals surface area contributed by atoms with E-state index < -0.39 is 5.43 Å².